The highest BCUT2D eigenvalue weighted by Crippen LogP contribution is 2.50. The Hall–Kier alpha value is -0.720. The highest BCUT2D eigenvalue weighted by molar-refractivity contribution is 7.84. The number of benzene rings is 1. The molecule has 0 aliphatic heterocycles. The molecule has 0 spiro atoms. The lowest BCUT2D eigenvalue weighted by Gasteiger charge is -2.08. The van der Waals surface area contributed by atoms with Crippen molar-refractivity contribution >= 4 is 34.3 Å². The molecular formula is C10H12ClN2P. The average molecular weight is 227 g/mol. The van der Waals surface area contributed by atoms with Gasteiger partial charge < -0.3 is 4.90 Å². The van der Waals surface area contributed by atoms with Gasteiger partial charge in [0.1, 0.15) is 0 Å². The fourth-order valence-electron chi connectivity index (χ4n) is 1.42. The molecule has 1 heterocycles. The summed E-state index contributed by atoms with van der Waals surface area (Å²) in [5.41, 5.74) is 3.26. The topological polar surface area (TPSA) is 16.1 Å². The van der Waals surface area contributed by atoms with Crippen LogP contribution in [0.3, 0.4) is 0 Å². The maximum atomic E-state index is 6.37. The molecule has 1 atom stereocenters. The monoisotopic (exact) mass is 226 g/mol. The number of fused-ring (bicyclic) bond motifs is 1. The van der Waals surface area contributed by atoms with Crippen LogP contribution in [0.2, 0.25) is 0 Å². The summed E-state index contributed by atoms with van der Waals surface area (Å²) in [4.78, 5) is 6.51. The van der Waals surface area contributed by atoms with Gasteiger partial charge in [0.25, 0.3) is 0 Å². The molecule has 0 bridgehead atoms. The van der Waals surface area contributed by atoms with E-state index in [1.165, 1.54) is 10.7 Å². The minimum Gasteiger partial charge on any atom is -0.359 e. The molecule has 1 aromatic heterocycles. The van der Waals surface area contributed by atoms with Crippen LogP contribution in [0.1, 0.15) is 5.56 Å². The quantitative estimate of drug-likeness (QED) is 0.739. The van der Waals surface area contributed by atoms with Gasteiger partial charge >= 0.3 is 0 Å². The maximum Gasteiger partial charge on any atom is 0.163 e. The lowest BCUT2D eigenvalue weighted by Crippen LogP contribution is -2.07. The number of aromatic nitrogens is 1. The minimum absolute atomic E-state index is 0.752. The van der Waals surface area contributed by atoms with E-state index in [1.807, 2.05) is 25.1 Å². The van der Waals surface area contributed by atoms with E-state index in [0.29, 0.717) is 0 Å². The van der Waals surface area contributed by atoms with Gasteiger partial charge in [0.15, 0.2) is 5.55 Å². The smallest absolute Gasteiger partial charge is 0.163 e. The molecule has 0 radical (unpaired) electrons. The van der Waals surface area contributed by atoms with Crippen LogP contribution >= 0.6 is 18.1 Å². The molecule has 4 heteroatoms. The molecule has 14 heavy (non-hydrogen) atoms. The van der Waals surface area contributed by atoms with E-state index < -0.39 is 6.89 Å². The third-order valence-corrected chi connectivity index (χ3v) is 4.77. The predicted molar refractivity (Wildman–Crippen MR) is 64.8 cm³/mol. The third kappa shape index (κ3) is 1.49. The Bertz CT molecular complexity index is 476. The van der Waals surface area contributed by atoms with E-state index in [-0.39, 0.29) is 0 Å². The van der Waals surface area contributed by atoms with Gasteiger partial charge in [-0.05, 0) is 19.1 Å². The summed E-state index contributed by atoms with van der Waals surface area (Å²) < 4.78 is 0. The Morgan fingerprint density at radius 3 is 2.71 bits per heavy atom. The van der Waals surface area contributed by atoms with Gasteiger partial charge in [0, 0.05) is 26.1 Å². The molecule has 2 aromatic rings. The molecule has 74 valence electrons. The zero-order valence-corrected chi connectivity index (χ0v) is 10.1. The second kappa shape index (κ2) is 3.45. The number of nitrogens with zero attached hydrogens (tertiary/aromatic N) is 2. The van der Waals surface area contributed by atoms with Gasteiger partial charge in [-0.3, -0.25) is 0 Å². The highest BCUT2D eigenvalue weighted by atomic mass is 35.7. The standard InChI is InChI=1S/C10H12ClN2P/c1-7-4-5-8-9(6-7)14(11)10(12-8)13(2)3/h4-6H,1-3H3. The van der Waals surface area contributed by atoms with Crippen LogP contribution in [0.4, 0.5) is 5.55 Å². The summed E-state index contributed by atoms with van der Waals surface area (Å²) in [6, 6.07) is 6.24. The minimum atomic E-state index is -0.752. The third-order valence-electron chi connectivity index (χ3n) is 2.14. The number of aryl methyl sites for hydroxylation is 1. The Morgan fingerprint density at radius 2 is 2.07 bits per heavy atom. The van der Waals surface area contributed by atoms with Crippen molar-refractivity contribution in [1.29, 1.82) is 0 Å². The Balaban J connectivity index is 2.74. The zero-order chi connectivity index (χ0) is 10.3. The van der Waals surface area contributed by atoms with Crippen molar-refractivity contribution in [2.45, 2.75) is 6.92 Å². The van der Waals surface area contributed by atoms with Crippen LogP contribution in [0.5, 0.6) is 0 Å². The first-order chi connectivity index (χ1) is 6.59. The predicted octanol–water partition coefficient (Wildman–Crippen LogP) is 3.60. The summed E-state index contributed by atoms with van der Waals surface area (Å²) in [5.74, 6) is 0. The van der Waals surface area contributed by atoms with Crippen LogP contribution in [0.25, 0.3) is 10.6 Å². The van der Waals surface area contributed by atoms with Crippen molar-refractivity contribution < 1.29 is 0 Å². The number of rotatable bonds is 1. The molecule has 0 aliphatic carbocycles. The number of halogens is 1. The average Bonchev–Trinajstić information content (AvgIpc) is 2.44. The Kier molecular flexibility index (Phi) is 2.42. The van der Waals surface area contributed by atoms with E-state index in [2.05, 4.69) is 24.0 Å². The molecular weight excluding hydrogens is 215 g/mol. The summed E-state index contributed by atoms with van der Waals surface area (Å²) in [5, 5.41) is 1.19. The van der Waals surface area contributed by atoms with Gasteiger partial charge in [0.05, 0.1) is 5.52 Å². The van der Waals surface area contributed by atoms with E-state index in [9.17, 15) is 0 Å². The summed E-state index contributed by atoms with van der Waals surface area (Å²) in [6.45, 7) is 1.33. The number of hydrogen-bond donors (Lipinski definition) is 0. The van der Waals surface area contributed by atoms with Crippen molar-refractivity contribution in [3.8, 4) is 0 Å². The Labute approximate surface area is 89.4 Å². The van der Waals surface area contributed by atoms with E-state index in [0.717, 1.165) is 11.1 Å². The lowest BCUT2D eigenvalue weighted by molar-refractivity contribution is 1.11. The molecule has 1 aromatic carbocycles. The first kappa shape index (κ1) is 9.82. The molecule has 0 N–H and O–H groups in total. The SMILES string of the molecule is Cc1ccc2nc(N(C)C)p(Cl)c2c1. The number of anilines is 1. The second-order valence-electron chi connectivity index (χ2n) is 3.58. The van der Waals surface area contributed by atoms with Crippen LogP contribution in [0.15, 0.2) is 18.2 Å². The van der Waals surface area contributed by atoms with Gasteiger partial charge in [-0.25, -0.2) is 4.98 Å². The first-order valence-corrected chi connectivity index (χ1v) is 6.67. The van der Waals surface area contributed by atoms with Crippen LogP contribution in [0, 0.1) is 6.92 Å². The molecule has 0 aliphatic rings. The summed E-state index contributed by atoms with van der Waals surface area (Å²) in [7, 11) is 3.96. The van der Waals surface area contributed by atoms with Gasteiger partial charge in [-0.2, -0.15) is 0 Å². The molecule has 0 fully saturated rings. The van der Waals surface area contributed by atoms with E-state index in [1.54, 1.807) is 0 Å². The van der Waals surface area contributed by atoms with Crippen molar-refractivity contribution in [3.63, 3.8) is 0 Å². The maximum absolute atomic E-state index is 6.37. The Morgan fingerprint density at radius 1 is 1.36 bits per heavy atom. The van der Waals surface area contributed by atoms with Gasteiger partial charge in [-0.1, -0.05) is 22.9 Å². The largest absolute Gasteiger partial charge is 0.359 e. The molecule has 1 unspecified atom stereocenters. The fraction of sp³-hybridized carbons (Fsp3) is 0.300. The molecule has 2 nitrogen and oxygen atoms in total. The normalized spacial score (nSPS) is 12.1. The fourth-order valence-corrected chi connectivity index (χ4v) is 3.80. The molecule has 2 rings (SSSR count). The van der Waals surface area contributed by atoms with Crippen LogP contribution < -0.4 is 4.90 Å². The van der Waals surface area contributed by atoms with Crippen molar-refractivity contribution in [2.75, 3.05) is 19.0 Å². The molecule has 0 saturated carbocycles. The van der Waals surface area contributed by atoms with Gasteiger partial charge in [0.2, 0.25) is 0 Å². The van der Waals surface area contributed by atoms with Gasteiger partial charge in [-0.15, -0.1) is 0 Å². The lowest BCUT2D eigenvalue weighted by atomic mass is 10.2. The summed E-state index contributed by atoms with van der Waals surface area (Å²) >= 11 is 6.37. The van der Waals surface area contributed by atoms with Crippen LogP contribution in [-0.2, 0) is 0 Å². The van der Waals surface area contributed by atoms with E-state index >= 15 is 0 Å². The highest BCUT2D eigenvalue weighted by Gasteiger charge is 2.11. The molecule has 0 amide bonds. The summed E-state index contributed by atoms with van der Waals surface area (Å²) in [6.07, 6.45) is 0. The number of hydrogen-bond acceptors (Lipinski definition) is 2. The van der Waals surface area contributed by atoms with Crippen LogP contribution in [-0.4, -0.2) is 19.1 Å². The van der Waals surface area contributed by atoms with Crippen molar-refractivity contribution in [3.05, 3.63) is 23.8 Å². The first-order valence-electron chi connectivity index (χ1n) is 4.42. The second-order valence-corrected chi connectivity index (χ2v) is 6.04. The molecule has 0 saturated heterocycles. The van der Waals surface area contributed by atoms with Crippen molar-refractivity contribution in [2.24, 2.45) is 0 Å². The van der Waals surface area contributed by atoms with E-state index in [4.69, 9.17) is 11.2 Å². The zero-order valence-electron chi connectivity index (χ0n) is 8.45. The van der Waals surface area contributed by atoms with Crippen molar-refractivity contribution in [1.82, 2.24) is 4.98 Å².